The molecule has 3 rings (SSSR count). The highest BCUT2D eigenvalue weighted by atomic mass is 16.2. The van der Waals surface area contributed by atoms with Gasteiger partial charge in [0.1, 0.15) is 6.04 Å². The van der Waals surface area contributed by atoms with Crippen molar-refractivity contribution in [3.8, 4) is 0 Å². The number of primary amides is 1. The van der Waals surface area contributed by atoms with Crippen molar-refractivity contribution < 1.29 is 9.59 Å². The Balaban J connectivity index is 1.84. The van der Waals surface area contributed by atoms with Crippen LogP contribution in [0.5, 0.6) is 0 Å². The van der Waals surface area contributed by atoms with Crippen molar-refractivity contribution in [2.45, 2.75) is 25.3 Å². The maximum Gasteiger partial charge on any atom is 0.312 e. The molecule has 0 saturated heterocycles. The van der Waals surface area contributed by atoms with Crippen LogP contribution in [0.4, 0.5) is 10.5 Å². The first-order valence-electron chi connectivity index (χ1n) is 8.04. The molecule has 3 N–H and O–H groups in total. The van der Waals surface area contributed by atoms with Crippen LogP contribution in [0.15, 0.2) is 48.5 Å². The van der Waals surface area contributed by atoms with Crippen LogP contribution in [0.3, 0.4) is 0 Å². The Morgan fingerprint density at radius 1 is 1.17 bits per heavy atom. The van der Waals surface area contributed by atoms with E-state index in [2.05, 4.69) is 23.5 Å². The minimum absolute atomic E-state index is 0.131. The molecule has 5 nitrogen and oxygen atoms in total. The van der Waals surface area contributed by atoms with Crippen LogP contribution in [-0.2, 0) is 24.1 Å². The molecule has 5 heteroatoms. The van der Waals surface area contributed by atoms with Crippen molar-refractivity contribution in [2.75, 3.05) is 11.9 Å². The highest BCUT2D eigenvalue weighted by molar-refractivity contribution is 6.02. The molecule has 0 bridgehead atoms. The molecule has 1 heterocycles. The van der Waals surface area contributed by atoms with Gasteiger partial charge >= 0.3 is 6.03 Å². The fourth-order valence-corrected chi connectivity index (χ4v) is 3.30. The van der Waals surface area contributed by atoms with Crippen LogP contribution < -0.4 is 16.0 Å². The second kappa shape index (κ2) is 6.74. The Hall–Kier alpha value is -2.82. The third kappa shape index (κ3) is 3.25. The Labute approximate surface area is 141 Å². The molecule has 2 aromatic carbocycles. The molecule has 1 aliphatic heterocycles. The molecule has 124 valence electrons. The number of fused-ring (bicyclic) bond motifs is 1. The Bertz CT molecular complexity index is 758. The van der Waals surface area contributed by atoms with E-state index in [1.54, 1.807) is 11.9 Å². The minimum Gasteiger partial charge on any atom is -0.352 e. The van der Waals surface area contributed by atoms with Crippen LogP contribution in [0.2, 0.25) is 0 Å². The summed E-state index contributed by atoms with van der Waals surface area (Å²) in [6.45, 7) is 0. The van der Waals surface area contributed by atoms with Gasteiger partial charge in [0, 0.05) is 19.2 Å². The molecule has 0 aromatic heterocycles. The Kier molecular flexibility index (Phi) is 4.51. The van der Waals surface area contributed by atoms with Crippen molar-refractivity contribution in [3.05, 3.63) is 65.2 Å². The number of hydrogen-bond donors (Lipinski definition) is 2. The number of likely N-dealkylation sites (N-methyl/N-ethyl adjacent to an activating group) is 1. The number of carbonyl (C=O) groups excluding carboxylic acids is 2. The van der Waals surface area contributed by atoms with E-state index in [1.165, 1.54) is 5.56 Å². The van der Waals surface area contributed by atoms with E-state index in [0.717, 1.165) is 29.7 Å². The number of nitrogens with zero attached hydrogens (tertiary/aromatic N) is 1. The van der Waals surface area contributed by atoms with E-state index in [-0.39, 0.29) is 5.91 Å². The average Bonchev–Trinajstić information content (AvgIpc) is 2.58. The highest BCUT2D eigenvalue weighted by Gasteiger charge is 2.32. The largest absolute Gasteiger partial charge is 0.352 e. The van der Waals surface area contributed by atoms with Gasteiger partial charge in [-0.1, -0.05) is 48.5 Å². The fraction of sp³-hybridized carbons (Fsp3) is 0.263. The van der Waals surface area contributed by atoms with Gasteiger partial charge in [-0.15, -0.1) is 0 Å². The van der Waals surface area contributed by atoms with Gasteiger partial charge in [0.2, 0.25) is 5.91 Å². The molecule has 1 aliphatic rings. The number of aryl methyl sites for hydroxylation is 2. The lowest BCUT2D eigenvalue weighted by molar-refractivity contribution is -0.120. The van der Waals surface area contributed by atoms with Crippen molar-refractivity contribution in [1.29, 1.82) is 0 Å². The Morgan fingerprint density at radius 2 is 1.92 bits per heavy atom. The molecular formula is C19H21N3O2. The third-order valence-electron chi connectivity index (χ3n) is 4.43. The zero-order valence-corrected chi connectivity index (χ0v) is 13.7. The van der Waals surface area contributed by atoms with E-state index < -0.39 is 12.1 Å². The molecule has 0 spiro atoms. The number of benzene rings is 2. The lowest BCUT2D eigenvalue weighted by Crippen LogP contribution is -2.53. The fourth-order valence-electron chi connectivity index (χ4n) is 3.30. The van der Waals surface area contributed by atoms with Crippen LogP contribution in [0.1, 0.15) is 16.7 Å². The van der Waals surface area contributed by atoms with Crippen molar-refractivity contribution in [3.63, 3.8) is 0 Å². The molecular weight excluding hydrogens is 302 g/mol. The van der Waals surface area contributed by atoms with E-state index in [0.29, 0.717) is 6.42 Å². The number of amides is 3. The highest BCUT2D eigenvalue weighted by Crippen LogP contribution is 2.31. The van der Waals surface area contributed by atoms with Gasteiger partial charge in [0.15, 0.2) is 0 Å². The summed E-state index contributed by atoms with van der Waals surface area (Å²) in [5.41, 5.74) is 9.60. The summed E-state index contributed by atoms with van der Waals surface area (Å²) >= 11 is 0. The molecule has 0 fully saturated rings. The molecule has 2 aromatic rings. The summed E-state index contributed by atoms with van der Waals surface area (Å²) in [6, 6.07) is 15.1. The second-order valence-electron chi connectivity index (χ2n) is 6.07. The number of nitrogens with two attached hydrogens (primary N) is 1. The summed E-state index contributed by atoms with van der Waals surface area (Å²) < 4.78 is 0. The van der Waals surface area contributed by atoms with Gasteiger partial charge in [0.05, 0.1) is 0 Å². The molecule has 0 radical (unpaired) electrons. The van der Waals surface area contributed by atoms with E-state index in [1.807, 2.05) is 30.3 Å². The van der Waals surface area contributed by atoms with Crippen molar-refractivity contribution in [2.24, 2.45) is 5.73 Å². The van der Waals surface area contributed by atoms with Gasteiger partial charge in [-0.2, -0.15) is 0 Å². The number of rotatable bonds is 4. The van der Waals surface area contributed by atoms with Gasteiger partial charge in [-0.05, 0) is 29.5 Å². The van der Waals surface area contributed by atoms with Gasteiger partial charge in [-0.3, -0.25) is 4.79 Å². The smallest absolute Gasteiger partial charge is 0.312 e. The first kappa shape index (κ1) is 16.1. The number of carbonyl (C=O) groups is 2. The average molecular weight is 323 g/mol. The zero-order valence-electron chi connectivity index (χ0n) is 13.7. The van der Waals surface area contributed by atoms with Crippen LogP contribution in [-0.4, -0.2) is 25.0 Å². The summed E-state index contributed by atoms with van der Waals surface area (Å²) in [4.78, 5) is 25.2. The maximum atomic E-state index is 12.5. The number of nitrogens with one attached hydrogen (secondary N) is 1. The minimum atomic E-state index is -0.676. The maximum absolute atomic E-state index is 12.5. The quantitative estimate of drug-likeness (QED) is 0.903. The SMILES string of the molecule is CN1C(=O)[C@H](NC(N)=O)Cc2cccc(CCc3ccccc3)c21. The standard InChI is InChI=1S/C19H21N3O2/c1-22-17-14(11-10-13-6-3-2-4-7-13)8-5-9-15(17)12-16(18(22)23)21-19(20)24/h2-9,16H,10-12H2,1H3,(H3,20,21,24)/t16-/m1/s1. The number of anilines is 1. The second-order valence-corrected chi connectivity index (χ2v) is 6.07. The summed E-state index contributed by atoms with van der Waals surface area (Å²) in [7, 11) is 1.75. The predicted molar refractivity (Wildman–Crippen MR) is 93.9 cm³/mol. The lowest BCUT2D eigenvalue weighted by atomic mass is 9.92. The van der Waals surface area contributed by atoms with E-state index in [9.17, 15) is 9.59 Å². The van der Waals surface area contributed by atoms with Crippen LogP contribution in [0, 0.1) is 0 Å². The molecule has 0 saturated carbocycles. The van der Waals surface area contributed by atoms with Crippen molar-refractivity contribution >= 4 is 17.6 Å². The van der Waals surface area contributed by atoms with Gasteiger partial charge < -0.3 is 16.0 Å². The van der Waals surface area contributed by atoms with Crippen LogP contribution >= 0.6 is 0 Å². The molecule has 3 amide bonds. The predicted octanol–water partition coefficient (Wildman–Crippen LogP) is 2.03. The van der Waals surface area contributed by atoms with E-state index in [4.69, 9.17) is 5.73 Å². The van der Waals surface area contributed by atoms with Gasteiger partial charge in [-0.25, -0.2) is 4.79 Å². The first-order chi connectivity index (χ1) is 11.6. The van der Waals surface area contributed by atoms with Gasteiger partial charge in [0.25, 0.3) is 0 Å². The zero-order chi connectivity index (χ0) is 17.1. The molecule has 24 heavy (non-hydrogen) atoms. The van der Waals surface area contributed by atoms with Crippen LogP contribution in [0.25, 0.3) is 0 Å². The van der Waals surface area contributed by atoms with Crippen molar-refractivity contribution in [1.82, 2.24) is 5.32 Å². The normalized spacial score (nSPS) is 16.6. The molecule has 1 atom stereocenters. The Morgan fingerprint density at radius 3 is 2.62 bits per heavy atom. The number of para-hydroxylation sites is 1. The third-order valence-corrected chi connectivity index (χ3v) is 4.43. The summed E-state index contributed by atoms with van der Waals surface area (Å²) in [5.74, 6) is -0.131. The lowest BCUT2D eigenvalue weighted by Gasteiger charge is -2.33. The summed E-state index contributed by atoms with van der Waals surface area (Å²) in [6.07, 6.45) is 2.25. The molecule has 0 unspecified atom stereocenters. The topological polar surface area (TPSA) is 75.4 Å². The number of hydrogen-bond acceptors (Lipinski definition) is 2. The molecule has 0 aliphatic carbocycles. The van der Waals surface area contributed by atoms with E-state index >= 15 is 0 Å². The number of urea groups is 1. The monoisotopic (exact) mass is 323 g/mol. The summed E-state index contributed by atoms with van der Waals surface area (Å²) in [5, 5.41) is 2.53. The first-order valence-corrected chi connectivity index (χ1v) is 8.04.